The van der Waals surface area contributed by atoms with Crippen LogP contribution in [0.5, 0.6) is 5.75 Å². The zero-order valence-electron chi connectivity index (χ0n) is 19.2. The summed E-state index contributed by atoms with van der Waals surface area (Å²) in [6, 6.07) is 8.94. The highest BCUT2D eigenvalue weighted by Crippen LogP contribution is 2.26. The molecule has 1 unspecified atom stereocenters. The number of benzene rings is 1. The maximum absolute atomic E-state index is 12.2. The van der Waals surface area contributed by atoms with E-state index in [9.17, 15) is 9.90 Å². The fraction of sp³-hybridized carbons (Fsp3) is 0.708. The molecule has 0 fully saturated rings. The molecule has 1 aromatic carbocycles. The Labute approximate surface area is 187 Å². The zero-order chi connectivity index (χ0) is 22.6. The molecular weight excluding hydrogens is 400 g/mol. The van der Waals surface area contributed by atoms with Crippen molar-refractivity contribution < 1.29 is 33.6 Å². The summed E-state index contributed by atoms with van der Waals surface area (Å²) in [5.74, 6) is -2.37. The van der Waals surface area contributed by atoms with Crippen LogP contribution in [0.25, 0.3) is 0 Å². The van der Waals surface area contributed by atoms with Crippen molar-refractivity contribution in [2.45, 2.75) is 64.6 Å². The number of hydrogen-bond donors (Lipinski definition) is 1. The molecule has 0 heterocycles. The van der Waals surface area contributed by atoms with Crippen molar-refractivity contribution in [2.75, 3.05) is 46.2 Å². The van der Waals surface area contributed by atoms with Gasteiger partial charge in [0.2, 0.25) is 0 Å². The summed E-state index contributed by atoms with van der Waals surface area (Å²) in [6.07, 6.45) is 6.58. The lowest BCUT2D eigenvalue weighted by Gasteiger charge is -2.30. The predicted molar refractivity (Wildman–Crippen MR) is 120 cm³/mol. The lowest BCUT2D eigenvalue weighted by Crippen LogP contribution is -2.48. The van der Waals surface area contributed by atoms with Gasteiger partial charge in [-0.25, -0.2) is 4.79 Å². The molecule has 1 atom stereocenters. The number of carboxylic acid groups (broad SMARTS) is 1. The quantitative estimate of drug-likeness (QED) is 0.219. The van der Waals surface area contributed by atoms with Crippen molar-refractivity contribution >= 4 is 5.97 Å². The second kappa shape index (κ2) is 18.0. The van der Waals surface area contributed by atoms with E-state index in [2.05, 4.69) is 6.92 Å². The van der Waals surface area contributed by atoms with Crippen molar-refractivity contribution in [3.63, 3.8) is 0 Å². The van der Waals surface area contributed by atoms with Crippen LogP contribution in [0.2, 0.25) is 0 Å². The third-order valence-corrected chi connectivity index (χ3v) is 4.72. The number of carboxylic acids is 1. The van der Waals surface area contributed by atoms with Gasteiger partial charge in [-0.15, -0.1) is 0 Å². The van der Waals surface area contributed by atoms with E-state index in [4.69, 9.17) is 23.7 Å². The van der Waals surface area contributed by atoms with Crippen LogP contribution in [0.15, 0.2) is 30.3 Å². The largest absolute Gasteiger partial charge is 0.476 e. The number of unbranched alkanes of at least 4 members (excludes halogenated alkanes) is 5. The standard InChI is InChI=1S/C24H40O7/c1-3-5-6-7-8-12-15-24(23(25)26,31-22-13-10-9-11-14-22)30-21-20-29-19-18-28-17-16-27-4-2/h9-11,13-14H,3-8,12,15-21H2,1-2H3,(H,25,26). The van der Waals surface area contributed by atoms with E-state index < -0.39 is 11.8 Å². The van der Waals surface area contributed by atoms with Crippen LogP contribution < -0.4 is 4.74 Å². The molecule has 7 heteroatoms. The molecule has 1 aromatic rings. The first-order chi connectivity index (χ1) is 15.1. The van der Waals surface area contributed by atoms with Gasteiger partial charge in [-0.3, -0.25) is 0 Å². The molecule has 0 saturated heterocycles. The first-order valence-electron chi connectivity index (χ1n) is 11.5. The predicted octanol–water partition coefficient (Wildman–Crippen LogP) is 4.68. The van der Waals surface area contributed by atoms with Crippen molar-refractivity contribution in [3.8, 4) is 5.75 Å². The Morgan fingerprint density at radius 2 is 1.39 bits per heavy atom. The Morgan fingerprint density at radius 1 is 0.806 bits per heavy atom. The molecule has 31 heavy (non-hydrogen) atoms. The normalized spacial score (nSPS) is 13.1. The van der Waals surface area contributed by atoms with Gasteiger partial charge in [0.1, 0.15) is 5.75 Å². The molecule has 0 aromatic heterocycles. The van der Waals surface area contributed by atoms with E-state index in [1.54, 1.807) is 24.3 Å². The third-order valence-electron chi connectivity index (χ3n) is 4.72. The monoisotopic (exact) mass is 440 g/mol. The lowest BCUT2D eigenvalue weighted by atomic mass is 10.0. The van der Waals surface area contributed by atoms with Gasteiger partial charge in [-0.2, -0.15) is 0 Å². The molecule has 7 nitrogen and oxygen atoms in total. The second-order valence-electron chi connectivity index (χ2n) is 7.26. The van der Waals surface area contributed by atoms with E-state index in [1.807, 2.05) is 13.0 Å². The fourth-order valence-corrected chi connectivity index (χ4v) is 3.03. The molecule has 0 aliphatic heterocycles. The summed E-state index contributed by atoms with van der Waals surface area (Å²) in [4.78, 5) is 12.2. The van der Waals surface area contributed by atoms with Crippen LogP contribution in [0, 0.1) is 0 Å². The van der Waals surface area contributed by atoms with Gasteiger partial charge in [0, 0.05) is 13.0 Å². The van der Waals surface area contributed by atoms with Crippen LogP contribution in [-0.2, 0) is 23.7 Å². The Kier molecular flexibility index (Phi) is 15.8. The van der Waals surface area contributed by atoms with E-state index in [0.717, 1.165) is 25.7 Å². The van der Waals surface area contributed by atoms with Gasteiger partial charge in [-0.05, 0) is 25.5 Å². The summed E-state index contributed by atoms with van der Waals surface area (Å²) >= 11 is 0. The average Bonchev–Trinajstić information content (AvgIpc) is 2.77. The second-order valence-corrected chi connectivity index (χ2v) is 7.26. The van der Waals surface area contributed by atoms with Crippen LogP contribution >= 0.6 is 0 Å². The molecule has 1 rings (SSSR count). The maximum atomic E-state index is 12.2. The third kappa shape index (κ3) is 12.7. The van der Waals surface area contributed by atoms with E-state index >= 15 is 0 Å². The average molecular weight is 441 g/mol. The van der Waals surface area contributed by atoms with Crippen LogP contribution in [0.1, 0.15) is 58.8 Å². The van der Waals surface area contributed by atoms with Crippen molar-refractivity contribution in [1.82, 2.24) is 0 Å². The first-order valence-corrected chi connectivity index (χ1v) is 11.5. The molecule has 0 spiro atoms. The van der Waals surface area contributed by atoms with E-state index in [0.29, 0.717) is 38.8 Å². The SMILES string of the molecule is CCCCCCCCC(OCCOCCOCCOCC)(Oc1ccccc1)C(=O)O. The maximum Gasteiger partial charge on any atom is 0.377 e. The molecule has 0 bridgehead atoms. The number of carbonyl (C=O) groups is 1. The Morgan fingerprint density at radius 3 is 2.00 bits per heavy atom. The minimum Gasteiger partial charge on any atom is -0.476 e. The molecular formula is C24H40O7. The van der Waals surface area contributed by atoms with Gasteiger partial charge in [0.25, 0.3) is 0 Å². The molecule has 0 saturated carbocycles. The van der Waals surface area contributed by atoms with Crippen LogP contribution in [0.4, 0.5) is 0 Å². The molecule has 0 radical (unpaired) electrons. The highest BCUT2D eigenvalue weighted by atomic mass is 16.7. The summed E-state index contributed by atoms with van der Waals surface area (Å²) in [5.41, 5.74) is 0. The lowest BCUT2D eigenvalue weighted by molar-refractivity contribution is -0.218. The summed E-state index contributed by atoms with van der Waals surface area (Å²) in [5, 5.41) is 9.95. The first kappa shape index (κ1) is 27.4. The van der Waals surface area contributed by atoms with Gasteiger partial charge >= 0.3 is 11.8 Å². The highest BCUT2D eigenvalue weighted by molar-refractivity contribution is 5.76. The van der Waals surface area contributed by atoms with Crippen molar-refractivity contribution in [3.05, 3.63) is 30.3 Å². The van der Waals surface area contributed by atoms with Crippen LogP contribution in [0.3, 0.4) is 0 Å². The molecule has 0 amide bonds. The number of hydrogen-bond acceptors (Lipinski definition) is 6. The van der Waals surface area contributed by atoms with E-state index in [1.165, 1.54) is 12.8 Å². The topological polar surface area (TPSA) is 83.5 Å². The van der Waals surface area contributed by atoms with E-state index in [-0.39, 0.29) is 19.6 Å². The number of para-hydroxylation sites is 1. The highest BCUT2D eigenvalue weighted by Gasteiger charge is 2.42. The summed E-state index contributed by atoms with van der Waals surface area (Å²) in [6.45, 7) is 7.12. The Bertz CT molecular complexity index is 552. The molecule has 178 valence electrons. The molecule has 1 N–H and O–H groups in total. The van der Waals surface area contributed by atoms with Crippen LogP contribution in [-0.4, -0.2) is 63.1 Å². The zero-order valence-corrected chi connectivity index (χ0v) is 19.2. The Balaban J connectivity index is 2.47. The summed E-state index contributed by atoms with van der Waals surface area (Å²) in [7, 11) is 0. The minimum atomic E-state index is -1.72. The number of ether oxygens (including phenoxy) is 5. The Hall–Kier alpha value is -1.67. The minimum absolute atomic E-state index is 0.119. The fourth-order valence-electron chi connectivity index (χ4n) is 3.03. The smallest absolute Gasteiger partial charge is 0.377 e. The number of aliphatic carboxylic acids is 1. The van der Waals surface area contributed by atoms with Gasteiger partial charge in [-0.1, -0.05) is 57.2 Å². The van der Waals surface area contributed by atoms with Crippen molar-refractivity contribution in [2.24, 2.45) is 0 Å². The molecule has 0 aliphatic rings. The van der Waals surface area contributed by atoms with Crippen molar-refractivity contribution in [1.29, 1.82) is 0 Å². The van der Waals surface area contributed by atoms with Gasteiger partial charge in [0.05, 0.1) is 39.6 Å². The summed E-state index contributed by atoms with van der Waals surface area (Å²) < 4.78 is 27.7. The van der Waals surface area contributed by atoms with Gasteiger partial charge < -0.3 is 28.8 Å². The number of rotatable bonds is 21. The molecule has 0 aliphatic carbocycles. The van der Waals surface area contributed by atoms with Gasteiger partial charge in [0.15, 0.2) is 0 Å².